The number of nitrogens with one attached hydrogen (secondary N) is 5. The van der Waals surface area contributed by atoms with Gasteiger partial charge in [0.2, 0.25) is 17.7 Å². The molecule has 3 fully saturated rings. The van der Waals surface area contributed by atoms with Crippen molar-refractivity contribution in [1.29, 1.82) is 0 Å². The summed E-state index contributed by atoms with van der Waals surface area (Å²) in [6.07, 6.45) is 6.41. The Bertz CT molecular complexity index is 3870. The van der Waals surface area contributed by atoms with Gasteiger partial charge in [0.1, 0.15) is 10.9 Å². The number of piperidine rings is 1. The first-order valence-corrected chi connectivity index (χ1v) is 35.9. The minimum Gasteiger partial charge on any atom is -0.384 e. The van der Waals surface area contributed by atoms with E-state index < -0.39 is 82.5 Å². The fourth-order valence-electron chi connectivity index (χ4n) is 12.6. The highest BCUT2D eigenvalue weighted by molar-refractivity contribution is 7.99. The minimum atomic E-state index is -6.11. The number of thioether (sulfide) groups is 1. The Labute approximate surface area is 555 Å². The van der Waals surface area contributed by atoms with Crippen LogP contribution in [0.5, 0.6) is 0 Å². The van der Waals surface area contributed by atoms with E-state index in [2.05, 4.69) is 42.9 Å². The number of sulfonamides is 1. The van der Waals surface area contributed by atoms with Crippen LogP contribution >= 0.6 is 23.4 Å². The standard InChI is InChI=1S/C67H77ClF3N9O11S3/c1-66(44-73-59(81)14-7-2-3-8-30-72-56-13-9-12-54-61(56)65(86)80(64(54)85)57-25-26-60(82)75-63(57)84)29-27-53(45-15-19-48(68)20-16-45)47(41-66)42-78-32-34-79(35-33-78)50-21-17-46(18-22-50)62(83)76-94(89,90)52-23-24-55(58(40-52)93(87,88)67(69,70)71)74-49(28-31-77-36-38-91-39-37-77)43-92-51-10-5-4-6-11-51/h4-6,9-13,15-24,40,49,57,72,74H,2-3,7-8,14,25-39,41-44H2,1H3,(H,73,81)(H,76,83)(H,75,82,84)/t49-,57?,66?/m1/s1. The van der Waals surface area contributed by atoms with Crippen molar-refractivity contribution in [2.75, 3.05) is 99.9 Å². The molecular weight excluding hydrogens is 1300 g/mol. The molecule has 3 atom stereocenters. The van der Waals surface area contributed by atoms with Crippen molar-refractivity contribution in [2.45, 2.75) is 110 Å². The highest BCUT2D eigenvalue weighted by Gasteiger charge is 2.49. The zero-order valence-corrected chi connectivity index (χ0v) is 55.3. The highest BCUT2D eigenvalue weighted by atomic mass is 35.5. The molecule has 1 aliphatic carbocycles. The van der Waals surface area contributed by atoms with E-state index in [1.165, 1.54) is 35.0 Å². The monoisotopic (exact) mass is 1370 g/mol. The number of sulfone groups is 1. The van der Waals surface area contributed by atoms with Gasteiger partial charge in [-0.3, -0.25) is 48.8 Å². The van der Waals surface area contributed by atoms with Gasteiger partial charge in [-0.05, 0) is 140 Å². The van der Waals surface area contributed by atoms with Crippen LogP contribution in [0.4, 0.5) is 30.2 Å². The number of rotatable bonds is 27. The van der Waals surface area contributed by atoms with Crippen LogP contribution in [0.15, 0.2) is 136 Å². The van der Waals surface area contributed by atoms with Gasteiger partial charge in [0.05, 0.1) is 34.9 Å². The normalized spacial score (nSPS) is 19.6. The Morgan fingerprint density at radius 1 is 0.798 bits per heavy atom. The van der Waals surface area contributed by atoms with E-state index in [9.17, 15) is 58.8 Å². The summed E-state index contributed by atoms with van der Waals surface area (Å²) in [6.45, 7) is 9.51. The van der Waals surface area contributed by atoms with Crippen molar-refractivity contribution >= 4 is 101 Å². The number of morpholine rings is 1. The smallest absolute Gasteiger partial charge is 0.384 e. The van der Waals surface area contributed by atoms with Crippen LogP contribution in [0.3, 0.4) is 0 Å². The van der Waals surface area contributed by atoms with Gasteiger partial charge in [-0.1, -0.05) is 73.3 Å². The van der Waals surface area contributed by atoms with Crippen LogP contribution in [-0.2, 0) is 39.0 Å². The Kier molecular flexibility index (Phi) is 22.6. The molecule has 0 radical (unpaired) electrons. The SMILES string of the molecule is CC1(CNC(=O)CCCCCCNc2cccc3c2C(=O)N(C2CCC(=O)NC2=O)C3=O)CCC(c2ccc(Cl)cc2)=C(CN2CCN(c3ccc(C(=O)NS(=O)(=O)c4ccc(N[C@H](CCN5CCOCC5)CSc5ccccc5)c(S(=O)(=O)C(F)(F)F)c4)cc3)CC2)C1. The summed E-state index contributed by atoms with van der Waals surface area (Å²) >= 11 is 7.76. The van der Waals surface area contributed by atoms with Gasteiger partial charge in [-0.25, -0.2) is 21.6 Å². The van der Waals surface area contributed by atoms with Gasteiger partial charge in [0, 0.05) is 117 Å². The second-order valence-electron chi connectivity index (χ2n) is 24.7. The molecule has 5 N–H and O–H groups in total. The van der Waals surface area contributed by atoms with E-state index in [0.29, 0.717) is 120 Å². The maximum atomic E-state index is 14.3. The van der Waals surface area contributed by atoms with Crippen molar-refractivity contribution < 1.29 is 63.5 Å². The summed E-state index contributed by atoms with van der Waals surface area (Å²) in [7, 11) is -11.0. The number of carbonyl (C=O) groups excluding carboxylic acids is 6. The van der Waals surface area contributed by atoms with Gasteiger partial charge in [0.25, 0.3) is 37.6 Å². The van der Waals surface area contributed by atoms with E-state index in [1.807, 2.05) is 59.3 Å². The summed E-state index contributed by atoms with van der Waals surface area (Å²) in [6, 6.07) is 29.2. The van der Waals surface area contributed by atoms with Gasteiger partial charge in [0.15, 0.2) is 0 Å². The second-order valence-corrected chi connectivity index (χ2v) is 29.8. The van der Waals surface area contributed by atoms with Gasteiger partial charge in [-0.15, -0.1) is 11.8 Å². The Morgan fingerprint density at radius 3 is 2.23 bits per heavy atom. The number of benzene rings is 5. The fraction of sp³-hybridized carbons (Fsp3) is 0.433. The van der Waals surface area contributed by atoms with E-state index in [1.54, 1.807) is 30.3 Å². The third-order valence-corrected chi connectivity index (χ3v) is 22.2. The third-order valence-electron chi connectivity index (χ3n) is 17.9. The number of nitrogens with zero attached hydrogens (tertiary/aromatic N) is 4. The Morgan fingerprint density at radius 2 is 1.52 bits per heavy atom. The number of amides is 6. The van der Waals surface area contributed by atoms with Crippen molar-refractivity contribution in [1.82, 2.24) is 30.1 Å². The molecule has 4 aliphatic heterocycles. The average molecular weight is 1370 g/mol. The number of alkyl halides is 3. The molecule has 3 saturated heterocycles. The predicted octanol–water partition coefficient (Wildman–Crippen LogP) is 9.39. The summed E-state index contributed by atoms with van der Waals surface area (Å²) < 4.78 is 104. The molecule has 0 saturated carbocycles. The molecule has 20 nitrogen and oxygen atoms in total. The lowest BCUT2D eigenvalue weighted by molar-refractivity contribution is -0.136. The summed E-state index contributed by atoms with van der Waals surface area (Å²) in [4.78, 5) is 84.2. The lowest BCUT2D eigenvalue weighted by atomic mass is 9.71. The zero-order valence-electron chi connectivity index (χ0n) is 52.1. The molecule has 2 unspecified atom stereocenters. The molecule has 0 spiro atoms. The minimum absolute atomic E-state index is 0.0174. The van der Waals surface area contributed by atoms with Crippen LogP contribution < -0.4 is 30.9 Å². The lowest BCUT2D eigenvalue weighted by Crippen LogP contribution is -2.54. The second kappa shape index (κ2) is 30.6. The van der Waals surface area contributed by atoms with E-state index in [4.69, 9.17) is 16.3 Å². The molecule has 0 aromatic heterocycles. The van der Waals surface area contributed by atoms with E-state index in [-0.39, 0.29) is 40.9 Å². The molecule has 5 aliphatic rings. The zero-order chi connectivity index (χ0) is 66.8. The van der Waals surface area contributed by atoms with Crippen LogP contribution in [0, 0.1) is 5.41 Å². The quantitative estimate of drug-likeness (QED) is 0.0186. The number of allylic oxidation sites excluding steroid dienone is 1. The first kappa shape index (κ1) is 69.5. The van der Waals surface area contributed by atoms with Crippen molar-refractivity contribution in [3.05, 3.63) is 148 Å². The number of anilines is 3. The first-order chi connectivity index (χ1) is 44.9. The summed E-state index contributed by atoms with van der Waals surface area (Å²) in [5.74, 6) is -2.98. The molecule has 4 heterocycles. The van der Waals surface area contributed by atoms with Gasteiger partial charge >= 0.3 is 5.51 Å². The average Bonchev–Trinajstić information content (AvgIpc) is 1.54. The number of unbranched alkanes of at least 4 members (excludes halogenated alkanes) is 3. The number of hydrogen-bond acceptors (Lipinski definition) is 17. The van der Waals surface area contributed by atoms with Gasteiger partial charge in [-0.2, -0.15) is 13.2 Å². The maximum Gasteiger partial charge on any atom is 0.501 e. The molecule has 0 bridgehead atoms. The van der Waals surface area contributed by atoms with Crippen LogP contribution in [0.2, 0.25) is 5.02 Å². The molecule has 502 valence electrons. The number of carbonyl (C=O) groups is 6. The maximum absolute atomic E-state index is 14.3. The highest BCUT2D eigenvalue weighted by Crippen LogP contribution is 2.44. The number of hydrogen-bond donors (Lipinski definition) is 5. The largest absolute Gasteiger partial charge is 0.501 e. The molecule has 10 rings (SSSR count). The fourth-order valence-corrected chi connectivity index (χ4v) is 15.7. The number of piperazine rings is 1. The number of halogens is 4. The number of imide groups is 2. The summed E-state index contributed by atoms with van der Waals surface area (Å²) in [5, 5.41) is 12.3. The van der Waals surface area contributed by atoms with Crippen LogP contribution in [0.25, 0.3) is 5.57 Å². The Balaban J connectivity index is 0.700. The van der Waals surface area contributed by atoms with E-state index in [0.717, 1.165) is 71.7 Å². The molecule has 94 heavy (non-hydrogen) atoms. The van der Waals surface area contributed by atoms with Crippen molar-refractivity contribution in [3.63, 3.8) is 0 Å². The van der Waals surface area contributed by atoms with Crippen molar-refractivity contribution in [2.24, 2.45) is 5.41 Å². The number of fused-ring (bicyclic) bond motifs is 1. The molecule has 5 aromatic rings. The molecular formula is C67H77ClF3N9O11S3. The first-order valence-electron chi connectivity index (χ1n) is 31.6. The molecule has 6 amide bonds. The van der Waals surface area contributed by atoms with Crippen LogP contribution in [0.1, 0.15) is 114 Å². The van der Waals surface area contributed by atoms with Crippen LogP contribution in [-0.4, -0.2) is 169 Å². The topological polar surface area (TPSA) is 253 Å². The predicted molar refractivity (Wildman–Crippen MR) is 354 cm³/mol. The molecule has 5 aromatic carbocycles. The summed E-state index contributed by atoms with van der Waals surface area (Å²) in [5.41, 5.74) is -1.13. The number of ether oxygens (including phenoxy) is 1. The lowest BCUT2D eigenvalue weighted by Gasteiger charge is -2.41. The molecule has 27 heteroatoms. The van der Waals surface area contributed by atoms with Crippen molar-refractivity contribution in [3.8, 4) is 0 Å². The third kappa shape index (κ3) is 17.2. The van der Waals surface area contributed by atoms with Gasteiger partial charge < -0.3 is 25.6 Å². The van der Waals surface area contributed by atoms with E-state index >= 15 is 0 Å². The Hall–Kier alpha value is -7.33.